The molecule has 0 aromatic rings. The summed E-state index contributed by atoms with van der Waals surface area (Å²) in [5.74, 6) is 0.387. The van der Waals surface area contributed by atoms with Crippen molar-refractivity contribution in [2.75, 3.05) is 0 Å². The first-order chi connectivity index (χ1) is 5.88. The van der Waals surface area contributed by atoms with Crippen LogP contribution in [-0.2, 0) is 9.53 Å². The number of hydrogen-bond acceptors (Lipinski definition) is 3. The topological polar surface area (TPSA) is 49.8 Å². The summed E-state index contributed by atoms with van der Waals surface area (Å²) < 4.78 is 5.38. The second-order valence-electron chi connectivity index (χ2n) is 5.36. The standard InChI is InChI=1S/C10H14O3/c1-9(2)4-5(9)7(11)10(3,12)8-6(4)13-8/h4-6,8,12H,1-3H3/t4-,5+,6+,8+,10-/m0/s1. The summed E-state index contributed by atoms with van der Waals surface area (Å²) >= 11 is 0. The molecular formula is C10H14O3. The van der Waals surface area contributed by atoms with Gasteiger partial charge in [0, 0.05) is 11.8 Å². The van der Waals surface area contributed by atoms with Crippen LogP contribution < -0.4 is 0 Å². The molecule has 3 rings (SSSR count). The lowest BCUT2D eigenvalue weighted by molar-refractivity contribution is -0.140. The minimum Gasteiger partial charge on any atom is -0.379 e. The number of carbonyl (C=O) groups excluding carboxylic acids is 1. The van der Waals surface area contributed by atoms with E-state index >= 15 is 0 Å². The van der Waals surface area contributed by atoms with Gasteiger partial charge in [-0.1, -0.05) is 13.8 Å². The Morgan fingerprint density at radius 2 is 2.00 bits per heavy atom. The van der Waals surface area contributed by atoms with E-state index in [1.54, 1.807) is 6.92 Å². The number of hydrogen-bond donors (Lipinski definition) is 1. The highest BCUT2D eigenvalue weighted by Gasteiger charge is 2.79. The number of epoxide rings is 1. The number of carbonyl (C=O) groups is 1. The van der Waals surface area contributed by atoms with Gasteiger partial charge < -0.3 is 9.84 Å². The lowest BCUT2D eigenvalue weighted by Gasteiger charge is -2.22. The van der Waals surface area contributed by atoms with Crippen LogP contribution in [0, 0.1) is 17.3 Å². The van der Waals surface area contributed by atoms with E-state index < -0.39 is 5.60 Å². The average Bonchev–Trinajstić information content (AvgIpc) is 2.81. The molecule has 0 spiro atoms. The largest absolute Gasteiger partial charge is 0.379 e. The minimum absolute atomic E-state index is 0.0127. The van der Waals surface area contributed by atoms with E-state index in [2.05, 4.69) is 13.8 Å². The lowest BCUT2D eigenvalue weighted by Crippen LogP contribution is -2.46. The SMILES string of the molecule is CC1(C)[C@@H]2[C@H]3O[C@H]3[C@@](C)(O)C(=O)[C@@H]21. The Labute approximate surface area is 77.1 Å². The molecule has 1 aliphatic heterocycles. The van der Waals surface area contributed by atoms with Gasteiger partial charge >= 0.3 is 0 Å². The average molecular weight is 182 g/mol. The van der Waals surface area contributed by atoms with Crippen molar-refractivity contribution in [2.45, 2.75) is 38.6 Å². The van der Waals surface area contributed by atoms with Gasteiger partial charge in [0.05, 0.1) is 6.10 Å². The number of fused-ring (bicyclic) bond motifs is 3. The molecule has 2 saturated carbocycles. The summed E-state index contributed by atoms with van der Waals surface area (Å²) in [4.78, 5) is 11.8. The molecule has 3 aliphatic rings. The van der Waals surface area contributed by atoms with E-state index in [0.717, 1.165) is 0 Å². The molecule has 5 atom stereocenters. The van der Waals surface area contributed by atoms with Crippen LogP contribution >= 0.6 is 0 Å². The number of Topliss-reactive ketones (excluding diaryl/α,β-unsaturated/α-hetero) is 1. The maximum atomic E-state index is 11.8. The Morgan fingerprint density at radius 3 is 2.62 bits per heavy atom. The van der Waals surface area contributed by atoms with Gasteiger partial charge in [-0.2, -0.15) is 0 Å². The van der Waals surface area contributed by atoms with Gasteiger partial charge in [0.25, 0.3) is 0 Å². The molecule has 1 saturated heterocycles. The van der Waals surface area contributed by atoms with E-state index in [9.17, 15) is 9.90 Å². The van der Waals surface area contributed by atoms with E-state index in [0.29, 0.717) is 5.92 Å². The van der Waals surface area contributed by atoms with Gasteiger partial charge in [0.1, 0.15) is 11.7 Å². The summed E-state index contributed by atoms with van der Waals surface area (Å²) in [6, 6.07) is 0. The van der Waals surface area contributed by atoms with Crippen LogP contribution in [0.15, 0.2) is 0 Å². The van der Waals surface area contributed by atoms with Crippen LogP contribution in [0.2, 0.25) is 0 Å². The summed E-state index contributed by atoms with van der Waals surface area (Å²) in [7, 11) is 0. The molecule has 0 unspecified atom stereocenters. The van der Waals surface area contributed by atoms with E-state index in [1.165, 1.54) is 0 Å². The zero-order valence-corrected chi connectivity index (χ0v) is 8.07. The Bertz CT molecular complexity index is 305. The molecule has 3 fully saturated rings. The fourth-order valence-electron chi connectivity index (χ4n) is 3.10. The molecule has 13 heavy (non-hydrogen) atoms. The third kappa shape index (κ3) is 0.680. The fraction of sp³-hybridized carbons (Fsp3) is 0.900. The van der Waals surface area contributed by atoms with Crippen molar-refractivity contribution in [3.05, 3.63) is 0 Å². The second kappa shape index (κ2) is 1.71. The molecule has 3 nitrogen and oxygen atoms in total. The molecule has 1 heterocycles. The quantitative estimate of drug-likeness (QED) is 0.550. The normalized spacial score (nSPS) is 61.1. The Balaban J connectivity index is 2.02. The summed E-state index contributed by atoms with van der Waals surface area (Å²) in [6.07, 6.45) is -0.0734. The van der Waals surface area contributed by atoms with Crippen LogP contribution in [0.5, 0.6) is 0 Å². The third-order valence-electron chi connectivity index (χ3n) is 4.13. The van der Waals surface area contributed by atoms with Crippen molar-refractivity contribution in [3.63, 3.8) is 0 Å². The Morgan fingerprint density at radius 1 is 1.38 bits per heavy atom. The fourth-order valence-corrected chi connectivity index (χ4v) is 3.10. The number of rotatable bonds is 0. The van der Waals surface area contributed by atoms with Gasteiger partial charge in [-0.15, -0.1) is 0 Å². The number of ketones is 1. The van der Waals surface area contributed by atoms with Crippen LogP contribution in [0.1, 0.15) is 20.8 Å². The van der Waals surface area contributed by atoms with E-state index in [1.807, 2.05) is 0 Å². The van der Waals surface area contributed by atoms with E-state index in [4.69, 9.17) is 4.74 Å². The molecule has 1 N–H and O–H groups in total. The summed E-state index contributed by atoms with van der Waals surface area (Å²) in [5.41, 5.74) is -1.17. The van der Waals surface area contributed by atoms with Gasteiger partial charge in [0.2, 0.25) is 0 Å². The van der Waals surface area contributed by atoms with Crippen molar-refractivity contribution in [2.24, 2.45) is 17.3 Å². The maximum Gasteiger partial charge on any atom is 0.170 e. The zero-order chi connectivity index (χ0) is 9.59. The Hall–Kier alpha value is -0.410. The molecule has 0 aromatic heterocycles. The highest BCUT2D eigenvalue weighted by molar-refractivity contribution is 5.95. The lowest BCUT2D eigenvalue weighted by atomic mass is 9.85. The van der Waals surface area contributed by atoms with Gasteiger partial charge in [-0.05, 0) is 12.3 Å². The smallest absolute Gasteiger partial charge is 0.170 e. The van der Waals surface area contributed by atoms with E-state index in [-0.39, 0.29) is 29.3 Å². The van der Waals surface area contributed by atoms with Crippen molar-refractivity contribution in [1.29, 1.82) is 0 Å². The summed E-state index contributed by atoms with van der Waals surface area (Å²) in [6.45, 7) is 5.76. The van der Waals surface area contributed by atoms with Crippen molar-refractivity contribution in [1.82, 2.24) is 0 Å². The first kappa shape index (κ1) is 7.94. The van der Waals surface area contributed by atoms with Gasteiger partial charge in [0.15, 0.2) is 5.78 Å². The van der Waals surface area contributed by atoms with Crippen LogP contribution in [0.4, 0.5) is 0 Å². The van der Waals surface area contributed by atoms with Crippen LogP contribution in [-0.4, -0.2) is 28.7 Å². The molecule has 0 amide bonds. The van der Waals surface area contributed by atoms with Crippen LogP contribution in [0.3, 0.4) is 0 Å². The molecule has 0 aromatic carbocycles. The monoisotopic (exact) mass is 182 g/mol. The van der Waals surface area contributed by atoms with Crippen molar-refractivity contribution < 1.29 is 14.6 Å². The minimum atomic E-state index is -1.22. The highest BCUT2D eigenvalue weighted by atomic mass is 16.6. The number of ether oxygens (including phenoxy) is 1. The van der Waals surface area contributed by atoms with Crippen LogP contribution in [0.25, 0.3) is 0 Å². The van der Waals surface area contributed by atoms with Gasteiger partial charge in [-0.25, -0.2) is 0 Å². The maximum absolute atomic E-state index is 11.8. The molecule has 72 valence electrons. The van der Waals surface area contributed by atoms with Crippen molar-refractivity contribution in [3.8, 4) is 0 Å². The number of aliphatic hydroxyl groups is 1. The first-order valence-corrected chi connectivity index (χ1v) is 4.80. The molecule has 2 aliphatic carbocycles. The predicted molar refractivity (Wildman–Crippen MR) is 45.1 cm³/mol. The predicted octanol–water partition coefficient (Wildman–Crippen LogP) is 0.360. The molecule has 3 heteroatoms. The molecule has 0 radical (unpaired) electrons. The second-order valence-corrected chi connectivity index (χ2v) is 5.36. The third-order valence-corrected chi connectivity index (χ3v) is 4.13. The zero-order valence-electron chi connectivity index (χ0n) is 8.07. The molecular weight excluding hydrogens is 168 g/mol. The highest BCUT2D eigenvalue weighted by Crippen LogP contribution is 2.69. The summed E-state index contributed by atoms with van der Waals surface area (Å²) in [5, 5.41) is 9.91. The van der Waals surface area contributed by atoms with Gasteiger partial charge in [-0.3, -0.25) is 4.79 Å². The van der Waals surface area contributed by atoms with Crippen molar-refractivity contribution >= 4 is 5.78 Å². The molecule has 0 bridgehead atoms. The Kier molecular flexibility index (Phi) is 1.04. The first-order valence-electron chi connectivity index (χ1n) is 4.80.